The van der Waals surface area contributed by atoms with Crippen molar-refractivity contribution < 1.29 is 28.0 Å². The Labute approximate surface area is 208 Å². The molecular formula is C22H15B3ClF2N3O4. The molecule has 2 aliphatic heterocycles. The number of rotatable bonds is 5. The molecule has 0 spiro atoms. The smallest absolute Gasteiger partial charge is 0.348 e. The first kappa shape index (κ1) is 25.0. The first-order chi connectivity index (χ1) is 16.4. The molecule has 2 unspecified atom stereocenters. The van der Waals surface area contributed by atoms with Gasteiger partial charge in [-0.25, -0.2) is 0 Å². The Bertz CT molecular complexity index is 1250. The van der Waals surface area contributed by atoms with Crippen molar-refractivity contribution in [2.75, 3.05) is 0 Å². The van der Waals surface area contributed by atoms with Gasteiger partial charge in [0.15, 0.2) is 0 Å². The molecular weight excluding hydrogens is 476 g/mol. The van der Waals surface area contributed by atoms with Crippen LogP contribution < -0.4 is 5.32 Å². The van der Waals surface area contributed by atoms with Crippen molar-refractivity contribution in [1.82, 2.24) is 15.0 Å². The SMILES string of the molecule is [B]C(c1ccc2c(c1)CN(C1([B])CCC(=O)NC1=O)C2=O)N([B])C(=O)C(F)(F)c1ccc(Cl)cc1. The number of amides is 4. The Balaban J connectivity index is 1.55. The third kappa shape index (κ3) is 4.24. The average molecular weight is 491 g/mol. The third-order valence-corrected chi connectivity index (χ3v) is 6.40. The van der Waals surface area contributed by atoms with E-state index in [1.807, 2.05) is 0 Å². The maximum atomic E-state index is 14.7. The van der Waals surface area contributed by atoms with E-state index in [0.717, 1.165) is 17.0 Å². The van der Waals surface area contributed by atoms with Crippen molar-refractivity contribution >= 4 is 58.9 Å². The monoisotopic (exact) mass is 491 g/mol. The molecule has 4 rings (SSSR count). The fraction of sp³-hybridized carbons (Fsp3) is 0.273. The van der Waals surface area contributed by atoms with Crippen LogP contribution in [0.25, 0.3) is 0 Å². The minimum atomic E-state index is -3.97. The highest BCUT2D eigenvalue weighted by Crippen LogP contribution is 2.36. The lowest BCUT2D eigenvalue weighted by atomic mass is 9.70. The molecule has 7 nitrogen and oxygen atoms in total. The summed E-state index contributed by atoms with van der Waals surface area (Å²) in [5, 5.41) is 2.35. The predicted molar refractivity (Wildman–Crippen MR) is 124 cm³/mol. The third-order valence-electron chi connectivity index (χ3n) is 6.15. The number of hydrogen-bond acceptors (Lipinski definition) is 4. The number of fused-ring (bicyclic) bond motifs is 1. The van der Waals surface area contributed by atoms with E-state index in [0.29, 0.717) is 5.56 Å². The number of carbonyl (C=O) groups excluding carboxylic acids is 4. The molecule has 6 radical (unpaired) electrons. The Morgan fingerprint density at radius 2 is 1.83 bits per heavy atom. The van der Waals surface area contributed by atoms with Crippen LogP contribution in [0.2, 0.25) is 5.02 Å². The molecule has 2 aromatic carbocycles. The lowest BCUT2D eigenvalue weighted by Gasteiger charge is -2.40. The van der Waals surface area contributed by atoms with Crippen molar-refractivity contribution in [3.8, 4) is 0 Å². The molecule has 1 fully saturated rings. The summed E-state index contributed by atoms with van der Waals surface area (Å²) in [5.74, 6) is -9.01. The molecule has 172 valence electrons. The molecule has 0 saturated carbocycles. The fourth-order valence-electron chi connectivity index (χ4n) is 4.05. The summed E-state index contributed by atoms with van der Waals surface area (Å²) >= 11 is 5.72. The van der Waals surface area contributed by atoms with Crippen molar-refractivity contribution in [2.24, 2.45) is 0 Å². The number of halogens is 3. The van der Waals surface area contributed by atoms with Gasteiger partial charge in [0, 0.05) is 35.1 Å². The van der Waals surface area contributed by atoms with Gasteiger partial charge in [-0.2, -0.15) is 8.78 Å². The maximum Gasteiger partial charge on any atom is 0.348 e. The Hall–Kier alpha value is -3.14. The van der Waals surface area contributed by atoms with Gasteiger partial charge in [-0.15, -0.1) is 0 Å². The number of imide groups is 1. The van der Waals surface area contributed by atoms with E-state index in [-0.39, 0.29) is 40.3 Å². The van der Waals surface area contributed by atoms with Gasteiger partial charge in [-0.05, 0) is 35.7 Å². The van der Waals surface area contributed by atoms with Crippen LogP contribution in [0.3, 0.4) is 0 Å². The first-order valence-electron chi connectivity index (χ1n) is 10.4. The van der Waals surface area contributed by atoms with E-state index < -0.39 is 46.5 Å². The van der Waals surface area contributed by atoms with Gasteiger partial charge in [0.2, 0.25) is 19.8 Å². The van der Waals surface area contributed by atoms with E-state index >= 15 is 0 Å². The zero-order chi connectivity index (χ0) is 25.7. The molecule has 35 heavy (non-hydrogen) atoms. The summed E-state index contributed by atoms with van der Waals surface area (Å²) in [4.78, 5) is 50.6. The highest BCUT2D eigenvalue weighted by Gasteiger charge is 2.48. The maximum absolute atomic E-state index is 14.7. The van der Waals surface area contributed by atoms with Gasteiger partial charge in [-0.3, -0.25) is 24.5 Å². The summed E-state index contributed by atoms with van der Waals surface area (Å²) in [6, 6.07) is 8.63. The lowest BCUT2D eigenvalue weighted by Crippen LogP contribution is -2.63. The molecule has 2 heterocycles. The van der Waals surface area contributed by atoms with Crippen LogP contribution in [0.4, 0.5) is 8.78 Å². The predicted octanol–water partition coefficient (Wildman–Crippen LogP) is 1.47. The normalized spacial score (nSPS) is 20.9. The Morgan fingerprint density at radius 3 is 2.46 bits per heavy atom. The first-order valence-corrected chi connectivity index (χ1v) is 10.8. The lowest BCUT2D eigenvalue weighted by molar-refractivity contribution is -0.154. The Morgan fingerprint density at radius 1 is 1.17 bits per heavy atom. The average Bonchev–Trinajstić information content (AvgIpc) is 3.16. The number of benzene rings is 2. The number of nitrogens with one attached hydrogen (secondary N) is 1. The fourth-order valence-corrected chi connectivity index (χ4v) is 4.18. The second-order valence-corrected chi connectivity index (χ2v) is 8.78. The van der Waals surface area contributed by atoms with E-state index in [2.05, 4.69) is 5.32 Å². The molecule has 1 N–H and O–H groups in total. The number of piperidine rings is 1. The largest absolute Gasteiger partial charge is 0.393 e. The number of nitrogens with zero attached hydrogens (tertiary/aromatic N) is 2. The molecule has 0 bridgehead atoms. The van der Waals surface area contributed by atoms with Gasteiger partial charge in [-0.1, -0.05) is 35.9 Å². The van der Waals surface area contributed by atoms with Crippen LogP contribution >= 0.6 is 11.6 Å². The minimum Gasteiger partial charge on any atom is -0.393 e. The highest BCUT2D eigenvalue weighted by atomic mass is 35.5. The van der Waals surface area contributed by atoms with Crippen LogP contribution in [0.1, 0.15) is 45.8 Å². The summed E-state index contributed by atoms with van der Waals surface area (Å²) in [6.45, 7) is -0.0910. The van der Waals surface area contributed by atoms with Gasteiger partial charge < -0.3 is 9.71 Å². The van der Waals surface area contributed by atoms with Crippen LogP contribution in [0, 0.1) is 0 Å². The van der Waals surface area contributed by atoms with E-state index in [9.17, 15) is 28.0 Å². The summed E-state index contributed by atoms with van der Waals surface area (Å²) in [7, 11) is 17.9. The quantitative estimate of drug-likeness (QED) is 0.507. The zero-order valence-electron chi connectivity index (χ0n) is 18.1. The van der Waals surface area contributed by atoms with Gasteiger partial charge in [0.25, 0.3) is 11.8 Å². The van der Waals surface area contributed by atoms with Crippen LogP contribution in [0.5, 0.6) is 0 Å². The van der Waals surface area contributed by atoms with E-state index in [1.165, 1.54) is 30.3 Å². The highest BCUT2D eigenvalue weighted by molar-refractivity contribution is 6.32. The molecule has 0 aliphatic carbocycles. The second kappa shape index (κ2) is 8.82. The van der Waals surface area contributed by atoms with Crippen molar-refractivity contribution in [1.29, 1.82) is 0 Å². The van der Waals surface area contributed by atoms with Crippen molar-refractivity contribution in [3.63, 3.8) is 0 Å². The molecule has 2 aromatic rings. The molecule has 13 heteroatoms. The second-order valence-electron chi connectivity index (χ2n) is 8.35. The van der Waals surface area contributed by atoms with Gasteiger partial charge in [0.05, 0.1) is 5.44 Å². The topological polar surface area (TPSA) is 86.8 Å². The molecule has 0 aromatic heterocycles. The van der Waals surface area contributed by atoms with Crippen LogP contribution in [-0.2, 0) is 26.9 Å². The summed E-state index contributed by atoms with van der Waals surface area (Å²) in [5.41, 5.74) is -1.54. The molecule has 1 saturated heterocycles. The van der Waals surface area contributed by atoms with E-state index in [4.69, 9.17) is 35.3 Å². The Kier molecular flexibility index (Phi) is 6.29. The van der Waals surface area contributed by atoms with Crippen LogP contribution in [0.15, 0.2) is 42.5 Å². The van der Waals surface area contributed by atoms with Crippen molar-refractivity contribution in [2.45, 2.75) is 36.7 Å². The number of alkyl halides is 2. The van der Waals surface area contributed by atoms with E-state index in [1.54, 1.807) is 0 Å². The number of carbonyl (C=O) groups is 4. The summed E-state index contributed by atoms with van der Waals surface area (Å²) in [6.07, 6.45) is -0.0980. The van der Waals surface area contributed by atoms with Gasteiger partial charge in [0.1, 0.15) is 15.7 Å². The minimum absolute atomic E-state index is 0.0371. The summed E-state index contributed by atoms with van der Waals surface area (Å²) < 4.78 is 29.5. The molecule has 2 atom stereocenters. The standard InChI is InChI=1S/C22H15B3ClF2N3O4/c23-17(31(25)20(35)22(27,28)13-2-4-14(26)5-3-13)11-1-6-15-12(9-11)10-30(18(15)33)21(24)8-7-16(32)29-19(21)34/h1-6,9,17H,7-8,10H2,(H,29,32,34). The molecule has 2 aliphatic rings. The van der Waals surface area contributed by atoms with Gasteiger partial charge >= 0.3 is 5.92 Å². The molecule has 4 amide bonds. The van der Waals surface area contributed by atoms with Crippen LogP contribution in [-0.4, -0.2) is 62.5 Å². The zero-order valence-corrected chi connectivity index (χ0v) is 18.9. The number of hydrogen-bond donors (Lipinski definition) is 1. The van der Waals surface area contributed by atoms with Crippen molar-refractivity contribution in [3.05, 3.63) is 69.7 Å².